The van der Waals surface area contributed by atoms with Gasteiger partial charge >= 0.3 is 0 Å². The van der Waals surface area contributed by atoms with E-state index in [1.54, 1.807) is 7.11 Å². The molecule has 3 unspecified atom stereocenters. The van der Waals surface area contributed by atoms with Gasteiger partial charge in [-0.15, -0.1) is 0 Å². The fourth-order valence-electron chi connectivity index (χ4n) is 2.62. The van der Waals surface area contributed by atoms with Gasteiger partial charge in [0.05, 0.1) is 12.2 Å². The van der Waals surface area contributed by atoms with Crippen molar-refractivity contribution in [3.8, 4) is 0 Å². The first-order valence-corrected chi connectivity index (χ1v) is 6.08. The normalized spacial score (nSPS) is 30.5. The number of nitrogens with zero attached hydrogens (tertiary/aromatic N) is 1. The predicted octanol–water partition coefficient (Wildman–Crippen LogP) is 1.40. The van der Waals surface area contributed by atoms with E-state index >= 15 is 0 Å². The Bertz CT molecular complexity index is 363. The van der Waals surface area contributed by atoms with E-state index in [0.29, 0.717) is 6.54 Å². The van der Waals surface area contributed by atoms with Gasteiger partial charge in [-0.25, -0.2) is 0 Å². The topological polar surface area (TPSA) is 32.7 Å². The molecule has 3 atom stereocenters. The summed E-state index contributed by atoms with van der Waals surface area (Å²) in [5.41, 5.74) is 2.41. The predicted molar refractivity (Wildman–Crippen MR) is 68.2 cm³/mol. The number of piperidine rings is 1. The van der Waals surface area contributed by atoms with Gasteiger partial charge in [-0.05, 0) is 19.5 Å². The highest BCUT2D eigenvalue weighted by molar-refractivity contribution is 5.27. The number of methoxy groups -OCH3 is 1. The van der Waals surface area contributed by atoms with Crippen molar-refractivity contribution in [3.63, 3.8) is 0 Å². The van der Waals surface area contributed by atoms with Crippen LogP contribution in [0.3, 0.4) is 0 Å². The number of β-amino-alcohol motifs (C(OH)–C–C–N with tert-alkyl or cyclic N) is 1. The number of aliphatic hydroxyl groups is 1. The van der Waals surface area contributed by atoms with Crippen molar-refractivity contribution >= 4 is 0 Å². The molecular formula is C14H21NO2. The first-order valence-electron chi connectivity index (χ1n) is 6.08. The second-order valence-electron chi connectivity index (χ2n) is 5.00. The molecule has 2 rings (SSSR count). The number of benzene rings is 1. The van der Waals surface area contributed by atoms with Gasteiger partial charge in [0, 0.05) is 26.1 Å². The summed E-state index contributed by atoms with van der Waals surface area (Å²) in [5.74, 6) is 0.0804. The van der Waals surface area contributed by atoms with Crippen LogP contribution in [0.1, 0.15) is 17.0 Å². The first-order chi connectivity index (χ1) is 8.11. The van der Waals surface area contributed by atoms with E-state index in [-0.39, 0.29) is 18.1 Å². The molecule has 0 saturated carbocycles. The number of hydrogen-bond donors (Lipinski definition) is 1. The van der Waals surface area contributed by atoms with Gasteiger partial charge in [0.25, 0.3) is 0 Å². The molecule has 1 saturated heterocycles. The Labute approximate surface area is 103 Å². The zero-order chi connectivity index (χ0) is 12.4. The summed E-state index contributed by atoms with van der Waals surface area (Å²) in [6.45, 7) is 3.65. The number of aliphatic hydroxyl groups excluding tert-OH is 1. The van der Waals surface area contributed by atoms with Crippen molar-refractivity contribution < 1.29 is 9.84 Å². The summed E-state index contributed by atoms with van der Waals surface area (Å²) in [6, 6.07) is 8.38. The molecule has 1 fully saturated rings. The highest BCUT2D eigenvalue weighted by Gasteiger charge is 2.35. The molecule has 1 N–H and O–H groups in total. The molecule has 1 heterocycles. The van der Waals surface area contributed by atoms with Crippen LogP contribution >= 0.6 is 0 Å². The van der Waals surface area contributed by atoms with Crippen LogP contribution < -0.4 is 0 Å². The third kappa shape index (κ3) is 2.68. The van der Waals surface area contributed by atoms with Crippen molar-refractivity contribution in [3.05, 3.63) is 35.4 Å². The lowest BCUT2D eigenvalue weighted by Gasteiger charge is -2.39. The number of hydrogen-bond acceptors (Lipinski definition) is 3. The quantitative estimate of drug-likeness (QED) is 0.841. The molecular weight excluding hydrogens is 214 g/mol. The Balaban J connectivity index is 2.24. The average molecular weight is 235 g/mol. The zero-order valence-electron chi connectivity index (χ0n) is 10.8. The Hall–Kier alpha value is -0.900. The maximum atomic E-state index is 10.2. The van der Waals surface area contributed by atoms with E-state index in [9.17, 15) is 5.11 Å². The van der Waals surface area contributed by atoms with E-state index < -0.39 is 0 Å². The van der Waals surface area contributed by atoms with Crippen molar-refractivity contribution in [1.82, 2.24) is 4.90 Å². The van der Waals surface area contributed by atoms with Gasteiger partial charge in [-0.1, -0.05) is 29.8 Å². The Morgan fingerprint density at radius 1 is 1.24 bits per heavy atom. The SMILES string of the molecule is COC1CN(C)CC(O)C1c1ccc(C)cc1. The molecule has 3 nitrogen and oxygen atoms in total. The van der Waals surface area contributed by atoms with Crippen molar-refractivity contribution in [2.24, 2.45) is 0 Å². The molecule has 94 valence electrons. The van der Waals surface area contributed by atoms with Crippen molar-refractivity contribution in [2.75, 3.05) is 27.2 Å². The Morgan fingerprint density at radius 2 is 1.88 bits per heavy atom. The minimum Gasteiger partial charge on any atom is -0.391 e. The maximum absolute atomic E-state index is 10.2. The van der Waals surface area contributed by atoms with Gasteiger partial charge < -0.3 is 14.7 Å². The monoisotopic (exact) mass is 235 g/mol. The van der Waals surface area contributed by atoms with E-state index in [1.807, 2.05) is 7.05 Å². The highest BCUT2D eigenvalue weighted by Crippen LogP contribution is 2.30. The van der Waals surface area contributed by atoms with E-state index in [4.69, 9.17) is 4.74 Å². The third-order valence-electron chi connectivity index (χ3n) is 3.57. The number of rotatable bonds is 2. The highest BCUT2D eigenvalue weighted by atomic mass is 16.5. The Kier molecular flexibility index (Phi) is 3.82. The van der Waals surface area contributed by atoms with Crippen LogP contribution in [0.2, 0.25) is 0 Å². The van der Waals surface area contributed by atoms with Crippen LogP contribution in [0.5, 0.6) is 0 Å². The molecule has 0 radical (unpaired) electrons. The summed E-state index contributed by atoms with van der Waals surface area (Å²) in [6.07, 6.45) is -0.298. The smallest absolute Gasteiger partial charge is 0.0791 e. The molecule has 0 bridgehead atoms. The molecule has 0 aromatic heterocycles. The number of aryl methyl sites for hydroxylation is 1. The van der Waals surface area contributed by atoms with Crippen LogP contribution in [0.4, 0.5) is 0 Å². The number of likely N-dealkylation sites (tertiary alicyclic amines) is 1. The van der Waals surface area contributed by atoms with Crippen LogP contribution in [0, 0.1) is 6.92 Å². The summed E-state index contributed by atoms with van der Waals surface area (Å²) in [4.78, 5) is 2.11. The van der Waals surface area contributed by atoms with Crippen LogP contribution in [-0.2, 0) is 4.74 Å². The van der Waals surface area contributed by atoms with Crippen molar-refractivity contribution in [1.29, 1.82) is 0 Å². The fraction of sp³-hybridized carbons (Fsp3) is 0.571. The summed E-state index contributed by atoms with van der Waals surface area (Å²) in [5, 5.41) is 10.2. The van der Waals surface area contributed by atoms with Gasteiger partial charge in [0.2, 0.25) is 0 Å². The molecule has 0 aliphatic carbocycles. The van der Waals surface area contributed by atoms with Crippen molar-refractivity contribution in [2.45, 2.75) is 25.0 Å². The molecule has 1 aromatic carbocycles. The molecule has 1 aliphatic rings. The third-order valence-corrected chi connectivity index (χ3v) is 3.57. The summed E-state index contributed by atoms with van der Waals surface area (Å²) >= 11 is 0. The molecule has 3 heteroatoms. The van der Waals surface area contributed by atoms with Crippen LogP contribution in [-0.4, -0.2) is 49.5 Å². The van der Waals surface area contributed by atoms with Gasteiger partial charge in [-0.3, -0.25) is 0 Å². The minimum atomic E-state index is -0.360. The van der Waals surface area contributed by atoms with Crippen LogP contribution in [0.25, 0.3) is 0 Å². The fourth-order valence-corrected chi connectivity index (χ4v) is 2.62. The van der Waals surface area contributed by atoms with E-state index in [2.05, 4.69) is 36.1 Å². The summed E-state index contributed by atoms with van der Waals surface area (Å²) < 4.78 is 5.53. The Morgan fingerprint density at radius 3 is 2.47 bits per heavy atom. The maximum Gasteiger partial charge on any atom is 0.0791 e. The zero-order valence-corrected chi connectivity index (χ0v) is 10.8. The first kappa shape index (κ1) is 12.6. The lowest BCUT2D eigenvalue weighted by atomic mass is 9.84. The average Bonchev–Trinajstić information content (AvgIpc) is 2.30. The lowest BCUT2D eigenvalue weighted by Crippen LogP contribution is -2.49. The second-order valence-corrected chi connectivity index (χ2v) is 5.00. The largest absolute Gasteiger partial charge is 0.391 e. The molecule has 1 aliphatic heterocycles. The standard InChI is InChI=1S/C14H21NO2/c1-10-4-6-11(7-5-10)14-12(16)8-15(2)9-13(14)17-3/h4-7,12-14,16H,8-9H2,1-3H3. The van der Waals surface area contributed by atoms with Gasteiger partial charge in [-0.2, -0.15) is 0 Å². The van der Waals surface area contributed by atoms with Crippen LogP contribution in [0.15, 0.2) is 24.3 Å². The molecule has 17 heavy (non-hydrogen) atoms. The molecule has 0 spiro atoms. The van der Waals surface area contributed by atoms with E-state index in [1.165, 1.54) is 11.1 Å². The summed E-state index contributed by atoms with van der Waals surface area (Å²) in [7, 11) is 3.73. The molecule has 0 amide bonds. The second kappa shape index (κ2) is 5.17. The van der Waals surface area contributed by atoms with E-state index in [0.717, 1.165) is 6.54 Å². The van der Waals surface area contributed by atoms with Gasteiger partial charge in [0.1, 0.15) is 0 Å². The number of likely N-dealkylation sites (N-methyl/N-ethyl adjacent to an activating group) is 1. The minimum absolute atomic E-state index is 0.0615. The number of ether oxygens (including phenoxy) is 1. The van der Waals surface area contributed by atoms with Gasteiger partial charge in [0.15, 0.2) is 0 Å². The lowest BCUT2D eigenvalue weighted by molar-refractivity contribution is -0.0411. The molecule has 1 aromatic rings.